The van der Waals surface area contributed by atoms with Gasteiger partial charge in [-0.1, -0.05) is 6.07 Å². The Hall–Kier alpha value is -3.06. The molecule has 5 rings (SSSR count). The van der Waals surface area contributed by atoms with Gasteiger partial charge in [-0.3, -0.25) is 4.68 Å². The summed E-state index contributed by atoms with van der Waals surface area (Å²) in [5, 5.41) is 7.70. The second kappa shape index (κ2) is 7.40. The van der Waals surface area contributed by atoms with E-state index in [9.17, 15) is 0 Å². The van der Waals surface area contributed by atoms with Crippen LogP contribution in [0.2, 0.25) is 0 Å². The van der Waals surface area contributed by atoms with Crippen LogP contribution in [0.4, 0.5) is 5.69 Å². The summed E-state index contributed by atoms with van der Waals surface area (Å²) in [5.41, 5.74) is 4.17. The topological polar surface area (TPSA) is 52.4 Å². The maximum Gasteiger partial charge on any atom is 0.163 e. The molecule has 29 heavy (non-hydrogen) atoms. The fourth-order valence-corrected chi connectivity index (χ4v) is 4.44. The first kappa shape index (κ1) is 18.0. The maximum atomic E-state index is 5.80. The van der Waals surface area contributed by atoms with Gasteiger partial charge >= 0.3 is 0 Å². The molecule has 0 saturated carbocycles. The number of anilines is 1. The molecule has 3 aromatic heterocycles. The van der Waals surface area contributed by atoms with Crippen molar-refractivity contribution in [2.75, 3.05) is 18.1 Å². The number of aromatic nitrogens is 3. The van der Waals surface area contributed by atoms with Gasteiger partial charge in [0.15, 0.2) is 17.1 Å². The minimum atomic E-state index is 0.586. The zero-order valence-electron chi connectivity index (χ0n) is 16.5. The largest absolute Gasteiger partial charge is 0.486 e. The van der Waals surface area contributed by atoms with Crippen LogP contribution in [0.3, 0.4) is 0 Å². The molecule has 0 bridgehead atoms. The van der Waals surface area contributed by atoms with Crippen LogP contribution in [0.25, 0.3) is 11.0 Å². The first-order valence-electron chi connectivity index (χ1n) is 9.62. The number of hydrogen-bond donors (Lipinski definition) is 0. The van der Waals surface area contributed by atoms with E-state index in [0.717, 1.165) is 52.6 Å². The third-order valence-electron chi connectivity index (χ3n) is 5.11. The van der Waals surface area contributed by atoms with Crippen LogP contribution in [0.15, 0.2) is 48.0 Å². The molecule has 1 aromatic carbocycles. The van der Waals surface area contributed by atoms with E-state index in [1.54, 1.807) is 11.3 Å². The molecule has 1 aliphatic rings. The number of thiophene rings is 1. The molecule has 148 valence electrons. The average molecular weight is 407 g/mol. The summed E-state index contributed by atoms with van der Waals surface area (Å²) >= 11 is 1.77. The molecule has 0 fully saturated rings. The van der Waals surface area contributed by atoms with Crippen molar-refractivity contribution in [3.05, 3.63) is 64.1 Å². The van der Waals surface area contributed by atoms with E-state index in [1.807, 2.05) is 30.9 Å². The van der Waals surface area contributed by atoms with E-state index in [-0.39, 0.29) is 0 Å². The number of rotatable bonds is 5. The van der Waals surface area contributed by atoms with Gasteiger partial charge in [-0.15, -0.1) is 11.3 Å². The van der Waals surface area contributed by atoms with Crippen molar-refractivity contribution < 1.29 is 9.47 Å². The van der Waals surface area contributed by atoms with Gasteiger partial charge in [0.1, 0.15) is 13.2 Å². The molecule has 0 spiro atoms. The molecule has 4 heterocycles. The molecular formula is C22H22N4O2S. The predicted octanol–water partition coefficient (Wildman–Crippen LogP) is 4.32. The second-order valence-electron chi connectivity index (χ2n) is 7.19. The normalized spacial score (nSPS) is 13.0. The quantitative estimate of drug-likeness (QED) is 0.494. The SMILES string of the molecule is Cc1nn(C)c2ncc(CN(Cc3cccs3)c3ccc4c(c3)OCCO4)cc12. The fraction of sp³-hybridized carbons (Fsp3) is 0.273. The van der Waals surface area contributed by atoms with Crippen LogP contribution in [0, 0.1) is 6.92 Å². The predicted molar refractivity (Wildman–Crippen MR) is 115 cm³/mol. The number of benzene rings is 1. The summed E-state index contributed by atoms with van der Waals surface area (Å²) in [6.07, 6.45) is 1.95. The van der Waals surface area contributed by atoms with Crippen LogP contribution in [-0.4, -0.2) is 28.0 Å². The molecular weight excluding hydrogens is 384 g/mol. The highest BCUT2D eigenvalue weighted by Crippen LogP contribution is 2.35. The van der Waals surface area contributed by atoms with Gasteiger partial charge < -0.3 is 14.4 Å². The van der Waals surface area contributed by atoms with E-state index in [2.05, 4.69) is 50.7 Å². The van der Waals surface area contributed by atoms with Crippen LogP contribution in [-0.2, 0) is 20.1 Å². The highest BCUT2D eigenvalue weighted by molar-refractivity contribution is 7.09. The summed E-state index contributed by atoms with van der Waals surface area (Å²) < 4.78 is 13.3. The Kier molecular flexibility index (Phi) is 4.60. The van der Waals surface area contributed by atoms with Crippen molar-refractivity contribution in [2.45, 2.75) is 20.0 Å². The van der Waals surface area contributed by atoms with Gasteiger partial charge in [0.05, 0.1) is 12.2 Å². The minimum absolute atomic E-state index is 0.586. The maximum absolute atomic E-state index is 5.80. The molecule has 0 atom stereocenters. The standard InChI is InChI=1S/C22H22N4O2S/c1-15-19-10-16(12-23-22(19)25(2)24-15)13-26(14-18-4-3-9-29-18)17-5-6-20-21(11-17)28-8-7-27-20/h3-6,9-12H,7-8,13-14H2,1-2H3. The Morgan fingerprint density at radius 3 is 2.79 bits per heavy atom. The highest BCUT2D eigenvalue weighted by atomic mass is 32.1. The number of hydrogen-bond acceptors (Lipinski definition) is 6. The van der Waals surface area contributed by atoms with Crippen LogP contribution in [0.5, 0.6) is 11.5 Å². The lowest BCUT2D eigenvalue weighted by atomic mass is 10.1. The number of ether oxygens (including phenoxy) is 2. The van der Waals surface area contributed by atoms with Gasteiger partial charge in [0, 0.05) is 41.8 Å². The van der Waals surface area contributed by atoms with Gasteiger partial charge in [-0.05, 0) is 42.1 Å². The molecule has 4 aromatic rings. The van der Waals surface area contributed by atoms with Crippen LogP contribution < -0.4 is 14.4 Å². The molecule has 0 radical (unpaired) electrons. The lowest BCUT2D eigenvalue weighted by Gasteiger charge is -2.26. The summed E-state index contributed by atoms with van der Waals surface area (Å²) in [6.45, 7) is 4.78. The van der Waals surface area contributed by atoms with Crippen molar-refractivity contribution in [2.24, 2.45) is 7.05 Å². The molecule has 0 aliphatic carbocycles. The smallest absolute Gasteiger partial charge is 0.163 e. The van der Waals surface area contributed by atoms with Crippen molar-refractivity contribution >= 4 is 28.1 Å². The Bertz CT molecular complexity index is 1150. The van der Waals surface area contributed by atoms with Crippen molar-refractivity contribution in [1.82, 2.24) is 14.8 Å². The van der Waals surface area contributed by atoms with Gasteiger partial charge in [0.25, 0.3) is 0 Å². The van der Waals surface area contributed by atoms with Crippen molar-refractivity contribution in [1.29, 1.82) is 0 Å². The Morgan fingerprint density at radius 1 is 1.10 bits per heavy atom. The first-order chi connectivity index (χ1) is 14.2. The number of pyridine rings is 1. The molecule has 0 amide bonds. The molecule has 0 N–H and O–H groups in total. The van der Waals surface area contributed by atoms with Crippen LogP contribution >= 0.6 is 11.3 Å². The van der Waals surface area contributed by atoms with Gasteiger partial charge in [-0.25, -0.2) is 4.98 Å². The minimum Gasteiger partial charge on any atom is -0.486 e. The van der Waals surface area contributed by atoms with E-state index < -0.39 is 0 Å². The zero-order valence-corrected chi connectivity index (χ0v) is 17.3. The van der Waals surface area contributed by atoms with E-state index in [4.69, 9.17) is 9.47 Å². The fourth-order valence-electron chi connectivity index (χ4n) is 3.72. The molecule has 7 heteroatoms. The van der Waals surface area contributed by atoms with E-state index in [0.29, 0.717) is 13.2 Å². The van der Waals surface area contributed by atoms with E-state index >= 15 is 0 Å². The van der Waals surface area contributed by atoms with Gasteiger partial charge in [0.2, 0.25) is 0 Å². The third-order valence-corrected chi connectivity index (χ3v) is 5.97. The summed E-state index contributed by atoms with van der Waals surface area (Å²) in [5.74, 6) is 1.62. The molecule has 0 unspecified atom stereocenters. The number of aryl methyl sites for hydroxylation is 2. The molecule has 1 aliphatic heterocycles. The lowest BCUT2D eigenvalue weighted by molar-refractivity contribution is 0.171. The lowest BCUT2D eigenvalue weighted by Crippen LogP contribution is -2.22. The van der Waals surface area contributed by atoms with Crippen molar-refractivity contribution in [3.63, 3.8) is 0 Å². The third kappa shape index (κ3) is 3.53. The Balaban J connectivity index is 1.50. The average Bonchev–Trinajstić information content (AvgIpc) is 3.35. The summed E-state index contributed by atoms with van der Waals surface area (Å²) in [6, 6.07) is 12.6. The second-order valence-corrected chi connectivity index (χ2v) is 8.22. The monoisotopic (exact) mass is 406 g/mol. The number of nitrogens with zero attached hydrogens (tertiary/aromatic N) is 4. The molecule has 0 saturated heterocycles. The van der Waals surface area contributed by atoms with Gasteiger partial charge in [-0.2, -0.15) is 5.10 Å². The highest BCUT2D eigenvalue weighted by Gasteiger charge is 2.17. The number of fused-ring (bicyclic) bond motifs is 2. The first-order valence-corrected chi connectivity index (χ1v) is 10.5. The summed E-state index contributed by atoms with van der Waals surface area (Å²) in [4.78, 5) is 8.30. The summed E-state index contributed by atoms with van der Waals surface area (Å²) in [7, 11) is 1.93. The Labute approximate surface area is 173 Å². The van der Waals surface area contributed by atoms with Crippen molar-refractivity contribution in [3.8, 4) is 11.5 Å². The van der Waals surface area contributed by atoms with E-state index in [1.165, 1.54) is 4.88 Å². The zero-order chi connectivity index (χ0) is 19.8. The molecule has 6 nitrogen and oxygen atoms in total. The Morgan fingerprint density at radius 2 is 1.97 bits per heavy atom. The van der Waals surface area contributed by atoms with Crippen LogP contribution in [0.1, 0.15) is 16.1 Å².